The summed E-state index contributed by atoms with van der Waals surface area (Å²) in [7, 11) is -2.05. The van der Waals surface area contributed by atoms with Crippen LogP contribution in [0.3, 0.4) is 0 Å². The van der Waals surface area contributed by atoms with Crippen molar-refractivity contribution in [2.45, 2.75) is 18.9 Å². The van der Waals surface area contributed by atoms with Crippen LogP contribution in [-0.2, 0) is 10.0 Å². The highest BCUT2D eigenvalue weighted by molar-refractivity contribution is 7.92. The summed E-state index contributed by atoms with van der Waals surface area (Å²) in [5, 5.41) is 2.82. The van der Waals surface area contributed by atoms with E-state index >= 15 is 0 Å². The fourth-order valence-corrected chi connectivity index (χ4v) is 3.22. The number of benzene rings is 1. The van der Waals surface area contributed by atoms with Crippen LogP contribution in [0, 0.1) is 13.8 Å². The van der Waals surface area contributed by atoms with Crippen molar-refractivity contribution in [2.24, 2.45) is 0 Å². The second kappa shape index (κ2) is 5.50. The Morgan fingerprint density at radius 3 is 2.35 bits per heavy atom. The van der Waals surface area contributed by atoms with Crippen molar-refractivity contribution in [3.8, 4) is 0 Å². The fourth-order valence-electron chi connectivity index (χ4n) is 2.03. The molecule has 1 heterocycles. The maximum Gasteiger partial charge on any atom is 0.281 e. The number of rotatable bonds is 4. The van der Waals surface area contributed by atoms with Gasteiger partial charge in [-0.3, -0.25) is 4.72 Å². The molecule has 0 unspecified atom stereocenters. The minimum absolute atomic E-state index is 0.0124. The van der Waals surface area contributed by atoms with Crippen molar-refractivity contribution in [3.05, 3.63) is 47.7 Å². The molecule has 0 saturated carbocycles. The molecule has 2 N–H and O–H groups in total. The maximum atomic E-state index is 12.4. The lowest BCUT2D eigenvalue weighted by Crippen LogP contribution is -2.16. The van der Waals surface area contributed by atoms with Crippen LogP contribution in [0.5, 0.6) is 0 Å². The van der Waals surface area contributed by atoms with E-state index in [9.17, 15) is 8.42 Å². The van der Waals surface area contributed by atoms with E-state index in [4.69, 9.17) is 0 Å². The van der Waals surface area contributed by atoms with E-state index in [-0.39, 0.29) is 5.03 Å². The molecule has 106 valence electrons. The molecule has 1 aromatic heterocycles. The van der Waals surface area contributed by atoms with Crippen molar-refractivity contribution < 1.29 is 8.42 Å². The van der Waals surface area contributed by atoms with Crippen molar-refractivity contribution in [1.82, 2.24) is 4.98 Å². The Morgan fingerprint density at radius 1 is 1.10 bits per heavy atom. The molecule has 1 aromatic carbocycles. The third kappa shape index (κ3) is 3.08. The molecular formula is C14H17N3O2S. The largest absolute Gasteiger partial charge is 0.386 e. The summed E-state index contributed by atoms with van der Waals surface area (Å²) in [5.74, 6) is 0. The molecule has 2 aromatic rings. The third-order valence-electron chi connectivity index (χ3n) is 2.77. The number of pyridine rings is 1. The summed E-state index contributed by atoms with van der Waals surface area (Å²) in [6.07, 6.45) is 1.46. The lowest BCUT2D eigenvalue weighted by Gasteiger charge is -2.11. The molecule has 0 bridgehead atoms. The Hall–Kier alpha value is -2.08. The summed E-state index contributed by atoms with van der Waals surface area (Å²) in [6, 6.07) is 8.90. The predicted octanol–water partition coefficient (Wildman–Crippen LogP) is 2.54. The molecule has 2 rings (SSSR count). The van der Waals surface area contributed by atoms with E-state index in [1.165, 1.54) is 6.20 Å². The van der Waals surface area contributed by atoms with Crippen molar-refractivity contribution in [2.75, 3.05) is 17.1 Å². The van der Waals surface area contributed by atoms with Crippen LogP contribution in [0.25, 0.3) is 0 Å². The Labute approximate surface area is 119 Å². The molecular weight excluding hydrogens is 274 g/mol. The first kappa shape index (κ1) is 14.3. The van der Waals surface area contributed by atoms with Crippen molar-refractivity contribution >= 4 is 21.4 Å². The second-order valence-electron chi connectivity index (χ2n) is 4.59. The van der Waals surface area contributed by atoms with Gasteiger partial charge >= 0.3 is 0 Å². The van der Waals surface area contributed by atoms with Crippen LogP contribution in [0.2, 0.25) is 0 Å². The molecule has 0 saturated heterocycles. The molecule has 5 nitrogen and oxygen atoms in total. The normalized spacial score (nSPS) is 11.2. The second-order valence-corrected chi connectivity index (χ2v) is 6.19. The predicted molar refractivity (Wildman–Crippen MR) is 80.5 cm³/mol. The average Bonchev–Trinajstić information content (AvgIpc) is 2.36. The zero-order chi connectivity index (χ0) is 14.8. The van der Waals surface area contributed by atoms with Gasteiger partial charge in [-0.15, -0.1) is 0 Å². The fraction of sp³-hybridized carbons (Fsp3) is 0.214. The first-order valence-electron chi connectivity index (χ1n) is 6.16. The van der Waals surface area contributed by atoms with Gasteiger partial charge in [0.15, 0.2) is 5.03 Å². The zero-order valence-electron chi connectivity index (χ0n) is 11.6. The Kier molecular flexibility index (Phi) is 3.94. The van der Waals surface area contributed by atoms with Gasteiger partial charge in [0, 0.05) is 18.9 Å². The third-order valence-corrected chi connectivity index (χ3v) is 4.11. The molecule has 0 aliphatic rings. The molecule has 0 amide bonds. The maximum absolute atomic E-state index is 12.4. The number of anilines is 2. The number of sulfonamides is 1. The number of hydrogen-bond acceptors (Lipinski definition) is 4. The van der Waals surface area contributed by atoms with Gasteiger partial charge < -0.3 is 5.32 Å². The Morgan fingerprint density at radius 2 is 1.75 bits per heavy atom. The van der Waals surface area contributed by atoms with Gasteiger partial charge in [-0.2, -0.15) is 8.42 Å². The summed E-state index contributed by atoms with van der Waals surface area (Å²) in [4.78, 5) is 3.95. The Balaban J connectivity index is 2.41. The van der Waals surface area contributed by atoms with E-state index in [2.05, 4.69) is 15.0 Å². The van der Waals surface area contributed by atoms with Crippen LogP contribution in [0.15, 0.2) is 41.6 Å². The average molecular weight is 291 g/mol. The quantitative estimate of drug-likeness (QED) is 0.908. The number of nitrogens with zero attached hydrogens (tertiary/aromatic N) is 1. The topological polar surface area (TPSA) is 71.1 Å². The van der Waals surface area contributed by atoms with E-state index in [1.54, 1.807) is 31.3 Å². The van der Waals surface area contributed by atoms with Crippen LogP contribution in [0.1, 0.15) is 11.1 Å². The minimum Gasteiger partial charge on any atom is -0.386 e. The van der Waals surface area contributed by atoms with Gasteiger partial charge in [0.25, 0.3) is 10.0 Å². The molecule has 0 fully saturated rings. The molecule has 0 spiro atoms. The van der Waals surface area contributed by atoms with Gasteiger partial charge in [-0.1, -0.05) is 6.07 Å². The van der Waals surface area contributed by atoms with Gasteiger partial charge in [0.05, 0.1) is 5.69 Å². The smallest absolute Gasteiger partial charge is 0.281 e. The van der Waals surface area contributed by atoms with Crippen molar-refractivity contribution in [1.29, 1.82) is 0 Å². The summed E-state index contributed by atoms with van der Waals surface area (Å²) >= 11 is 0. The molecule has 0 radical (unpaired) electrons. The zero-order valence-corrected chi connectivity index (χ0v) is 12.5. The lowest BCUT2D eigenvalue weighted by atomic mass is 10.1. The molecule has 20 heavy (non-hydrogen) atoms. The number of aryl methyl sites for hydroxylation is 2. The SMILES string of the molecule is CNc1cccnc1S(=O)(=O)Nc1cc(C)cc(C)c1. The van der Waals surface area contributed by atoms with E-state index in [1.807, 2.05) is 19.9 Å². The summed E-state index contributed by atoms with van der Waals surface area (Å²) in [6.45, 7) is 3.84. The van der Waals surface area contributed by atoms with Crippen LogP contribution < -0.4 is 10.0 Å². The number of aromatic nitrogens is 1. The standard InChI is InChI=1S/C14H17N3O2S/c1-10-7-11(2)9-12(8-10)17-20(18,19)14-13(15-3)5-4-6-16-14/h4-9,15,17H,1-3H3. The summed E-state index contributed by atoms with van der Waals surface area (Å²) < 4.78 is 27.3. The molecule has 0 aliphatic heterocycles. The highest BCUT2D eigenvalue weighted by atomic mass is 32.2. The number of hydrogen-bond donors (Lipinski definition) is 2. The monoisotopic (exact) mass is 291 g/mol. The highest BCUT2D eigenvalue weighted by Gasteiger charge is 2.19. The first-order valence-corrected chi connectivity index (χ1v) is 7.64. The van der Waals surface area contributed by atoms with Gasteiger partial charge in [0.1, 0.15) is 0 Å². The molecule has 6 heteroatoms. The lowest BCUT2D eigenvalue weighted by molar-refractivity contribution is 0.598. The van der Waals surface area contributed by atoms with Gasteiger partial charge in [0.2, 0.25) is 0 Å². The van der Waals surface area contributed by atoms with Gasteiger partial charge in [-0.25, -0.2) is 4.98 Å². The van der Waals surface area contributed by atoms with E-state index < -0.39 is 10.0 Å². The first-order chi connectivity index (χ1) is 9.42. The van der Waals surface area contributed by atoms with Crippen molar-refractivity contribution in [3.63, 3.8) is 0 Å². The van der Waals surface area contributed by atoms with Gasteiger partial charge in [-0.05, 0) is 49.2 Å². The minimum atomic E-state index is -3.71. The highest BCUT2D eigenvalue weighted by Crippen LogP contribution is 2.22. The van der Waals surface area contributed by atoms with E-state index in [0.717, 1.165) is 11.1 Å². The summed E-state index contributed by atoms with van der Waals surface area (Å²) in [5.41, 5.74) is 3.00. The number of nitrogens with one attached hydrogen (secondary N) is 2. The van der Waals surface area contributed by atoms with Crippen LogP contribution in [-0.4, -0.2) is 20.4 Å². The van der Waals surface area contributed by atoms with E-state index in [0.29, 0.717) is 11.4 Å². The van der Waals surface area contributed by atoms with Crippen LogP contribution in [0.4, 0.5) is 11.4 Å². The Bertz CT molecular complexity index is 707. The van der Waals surface area contributed by atoms with Crippen LogP contribution >= 0.6 is 0 Å². The molecule has 0 atom stereocenters. The molecule has 0 aliphatic carbocycles.